The Morgan fingerprint density at radius 1 is 1.06 bits per heavy atom. The second kappa shape index (κ2) is 9.75. The molecule has 0 aliphatic heterocycles. The zero-order valence-corrected chi connectivity index (χ0v) is 17.5. The van der Waals surface area contributed by atoms with Crippen molar-refractivity contribution in [1.29, 1.82) is 0 Å². The van der Waals surface area contributed by atoms with Gasteiger partial charge < -0.3 is 24.5 Å². The van der Waals surface area contributed by atoms with Crippen LogP contribution in [-0.4, -0.2) is 53.5 Å². The topological polar surface area (TPSA) is 111 Å². The van der Waals surface area contributed by atoms with E-state index in [1.54, 1.807) is 54.2 Å². The van der Waals surface area contributed by atoms with Crippen LogP contribution in [0.15, 0.2) is 54.9 Å². The van der Waals surface area contributed by atoms with Gasteiger partial charge in [0.2, 0.25) is 5.91 Å². The van der Waals surface area contributed by atoms with E-state index in [-0.39, 0.29) is 12.1 Å². The molecule has 3 aromatic rings. The number of ether oxygens (including phenoxy) is 2. The molecule has 0 aliphatic carbocycles. The molecule has 0 bridgehead atoms. The van der Waals surface area contributed by atoms with E-state index in [4.69, 9.17) is 9.47 Å². The van der Waals surface area contributed by atoms with Gasteiger partial charge in [0.15, 0.2) is 0 Å². The summed E-state index contributed by atoms with van der Waals surface area (Å²) in [6.45, 7) is 1.53. The Balaban J connectivity index is 1.64. The highest BCUT2D eigenvalue weighted by molar-refractivity contribution is 5.97. The first kappa shape index (κ1) is 21.8. The molecule has 0 saturated carbocycles. The fourth-order valence-corrected chi connectivity index (χ4v) is 3.01. The summed E-state index contributed by atoms with van der Waals surface area (Å²) >= 11 is 0. The quantitative estimate of drug-likeness (QED) is 0.529. The van der Waals surface area contributed by atoms with E-state index >= 15 is 0 Å². The second-order valence-electron chi connectivity index (χ2n) is 6.92. The molecule has 0 unspecified atom stereocenters. The summed E-state index contributed by atoms with van der Waals surface area (Å²) in [6.07, 6.45) is 3.58. The van der Waals surface area contributed by atoms with Gasteiger partial charge in [-0.15, -0.1) is 0 Å². The molecule has 9 nitrogen and oxygen atoms in total. The highest BCUT2D eigenvalue weighted by Crippen LogP contribution is 2.13. The van der Waals surface area contributed by atoms with Crippen molar-refractivity contribution in [2.75, 3.05) is 14.2 Å². The Hall–Kier alpha value is -3.88. The highest BCUT2D eigenvalue weighted by Gasteiger charge is 2.26. The van der Waals surface area contributed by atoms with Crippen LogP contribution < -0.4 is 15.4 Å². The lowest BCUT2D eigenvalue weighted by Crippen LogP contribution is -2.51. The lowest BCUT2D eigenvalue weighted by molar-refractivity contribution is -0.145. The average molecular weight is 424 g/mol. The standard InChI is InChI=1S/C22H24N4O5/c1-14(23-21(28)18-13-26-11-5-4-6-19(26)24-18)20(27)25-17(22(29)31-3)12-15-7-9-16(30-2)10-8-15/h4-11,13-14,17H,12H2,1-3H3,(H,23,28)(H,25,27)/t14-,17-/m0/s1. The Morgan fingerprint density at radius 2 is 1.81 bits per heavy atom. The molecule has 0 radical (unpaired) electrons. The number of carbonyl (C=O) groups excluding carboxylic acids is 3. The molecule has 3 rings (SSSR count). The third-order valence-electron chi connectivity index (χ3n) is 4.74. The van der Waals surface area contributed by atoms with Crippen LogP contribution in [0.5, 0.6) is 5.75 Å². The molecule has 2 amide bonds. The van der Waals surface area contributed by atoms with E-state index in [0.717, 1.165) is 5.56 Å². The first-order chi connectivity index (χ1) is 14.9. The number of esters is 1. The maximum absolute atomic E-state index is 12.6. The number of benzene rings is 1. The number of fused-ring (bicyclic) bond motifs is 1. The first-order valence-electron chi connectivity index (χ1n) is 9.67. The van der Waals surface area contributed by atoms with E-state index in [0.29, 0.717) is 11.4 Å². The van der Waals surface area contributed by atoms with E-state index in [2.05, 4.69) is 15.6 Å². The van der Waals surface area contributed by atoms with Crippen LogP contribution in [0.2, 0.25) is 0 Å². The lowest BCUT2D eigenvalue weighted by Gasteiger charge is -2.20. The van der Waals surface area contributed by atoms with Crippen molar-refractivity contribution in [2.45, 2.75) is 25.4 Å². The van der Waals surface area contributed by atoms with Gasteiger partial charge in [0, 0.05) is 18.8 Å². The molecule has 0 saturated heterocycles. The van der Waals surface area contributed by atoms with Crippen LogP contribution in [0.1, 0.15) is 23.0 Å². The fourth-order valence-electron chi connectivity index (χ4n) is 3.01. The molecular weight excluding hydrogens is 400 g/mol. The summed E-state index contributed by atoms with van der Waals surface area (Å²) in [4.78, 5) is 41.5. The minimum absolute atomic E-state index is 0.189. The number of hydrogen-bond donors (Lipinski definition) is 2. The smallest absolute Gasteiger partial charge is 0.328 e. The van der Waals surface area contributed by atoms with Crippen LogP contribution >= 0.6 is 0 Å². The first-order valence-corrected chi connectivity index (χ1v) is 9.67. The summed E-state index contributed by atoms with van der Waals surface area (Å²) in [5.41, 5.74) is 1.63. The monoisotopic (exact) mass is 424 g/mol. The van der Waals surface area contributed by atoms with Crippen molar-refractivity contribution in [3.8, 4) is 5.75 Å². The molecule has 9 heteroatoms. The maximum atomic E-state index is 12.6. The number of carbonyl (C=O) groups is 3. The Labute approximate surface area is 179 Å². The van der Waals surface area contributed by atoms with Crippen molar-refractivity contribution in [1.82, 2.24) is 20.0 Å². The molecule has 2 heterocycles. The number of methoxy groups -OCH3 is 2. The molecule has 162 valence electrons. The normalized spacial score (nSPS) is 12.6. The third kappa shape index (κ3) is 5.39. The highest BCUT2D eigenvalue weighted by atomic mass is 16.5. The number of hydrogen-bond acceptors (Lipinski definition) is 6. The molecule has 2 aromatic heterocycles. The molecule has 2 N–H and O–H groups in total. The van der Waals surface area contributed by atoms with Crippen LogP contribution in [0.4, 0.5) is 0 Å². The predicted molar refractivity (Wildman–Crippen MR) is 113 cm³/mol. The molecule has 0 aliphatic rings. The predicted octanol–water partition coefficient (Wildman–Crippen LogP) is 1.36. The summed E-state index contributed by atoms with van der Waals surface area (Å²) in [6, 6.07) is 10.8. The zero-order chi connectivity index (χ0) is 22.4. The van der Waals surface area contributed by atoms with Gasteiger partial charge in [0.05, 0.1) is 14.2 Å². The van der Waals surface area contributed by atoms with E-state index < -0.39 is 29.9 Å². The van der Waals surface area contributed by atoms with Crippen LogP contribution in [-0.2, 0) is 20.7 Å². The Bertz CT molecular complexity index is 1040. The molecule has 2 atom stereocenters. The van der Waals surface area contributed by atoms with Gasteiger partial charge in [-0.2, -0.15) is 0 Å². The summed E-state index contributed by atoms with van der Waals surface area (Å²) in [5, 5.41) is 5.25. The van der Waals surface area contributed by atoms with Crippen LogP contribution in [0, 0.1) is 0 Å². The summed E-state index contributed by atoms with van der Waals surface area (Å²) < 4.78 is 11.6. The minimum Gasteiger partial charge on any atom is -0.497 e. The van der Waals surface area contributed by atoms with E-state index in [1.807, 2.05) is 12.1 Å². The fraction of sp³-hybridized carbons (Fsp3) is 0.273. The molecular formula is C22H24N4O5. The molecule has 31 heavy (non-hydrogen) atoms. The lowest BCUT2D eigenvalue weighted by atomic mass is 10.1. The summed E-state index contributed by atoms with van der Waals surface area (Å²) in [7, 11) is 2.82. The second-order valence-corrected chi connectivity index (χ2v) is 6.92. The van der Waals surface area contributed by atoms with Crippen molar-refractivity contribution >= 4 is 23.4 Å². The SMILES string of the molecule is COC(=O)[C@H](Cc1ccc(OC)cc1)NC(=O)[C@H](C)NC(=O)c1cn2ccccc2n1. The Kier molecular flexibility index (Phi) is 6.86. The van der Waals surface area contributed by atoms with Crippen molar-refractivity contribution in [3.05, 3.63) is 66.1 Å². The zero-order valence-electron chi connectivity index (χ0n) is 17.5. The van der Waals surface area contributed by atoms with Gasteiger partial charge in [0.25, 0.3) is 5.91 Å². The third-order valence-corrected chi connectivity index (χ3v) is 4.74. The van der Waals surface area contributed by atoms with Gasteiger partial charge in [0.1, 0.15) is 29.2 Å². The number of amides is 2. The van der Waals surface area contributed by atoms with E-state index in [1.165, 1.54) is 14.0 Å². The van der Waals surface area contributed by atoms with Gasteiger partial charge >= 0.3 is 5.97 Å². The summed E-state index contributed by atoms with van der Waals surface area (Å²) in [5.74, 6) is -0.897. The number of imidazole rings is 1. The van der Waals surface area contributed by atoms with Crippen LogP contribution in [0.3, 0.4) is 0 Å². The Morgan fingerprint density at radius 3 is 2.45 bits per heavy atom. The van der Waals surface area contributed by atoms with Crippen molar-refractivity contribution < 1.29 is 23.9 Å². The number of rotatable bonds is 8. The minimum atomic E-state index is -0.902. The number of pyridine rings is 1. The largest absolute Gasteiger partial charge is 0.497 e. The molecule has 1 aromatic carbocycles. The number of nitrogens with one attached hydrogen (secondary N) is 2. The van der Waals surface area contributed by atoms with Crippen LogP contribution in [0.25, 0.3) is 5.65 Å². The number of aromatic nitrogens is 2. The molecule has 0 spiro atoms. The van der Waals surface area contributed by atoms with Gasteiger partial charge in [-0.25, -0.2) is 9.78 Å². The van der Waals surface area contributed by atoms with Gasteiger partial charge in [-0.1, -0.05) is 18.2 Å². The molecule has 0 fully saturated rings. The van der Waals surface area contributed by atoms with Crippen molar-refractivity contribution in [2.24, 2.45) is 0 Å². The van der Waals surface area contributed by atoms with E-state index in [9.17, 15) is 14.4 Å². The van der Waals surface area contributed by atoms with Crippen molar-refractivity contribution in [3.63, 3.8) is 0 Å². The number of nitrogens with zero attached hydrogens (tertiary/aromatic N) is 2. The maximum Gasteiger partial charge on any atom is 0.328 e. The van der Waals surface area contributed by atoms with Gasteiger partial charge in [-0.3, -0.25) is 9.59 Å². The average Bonchev–Trinajstić information content (AvgIpc) is 3.23. The van der Waals surface area contributed by atoms with Gasteiger partial charge in [-0.05, 0) is 36.8 Å².